The topological polar surface area (TPSA) is 22.0 Å². The zero-order chi connectivity index (χ0) is 16.2. The van der Waals surface area contributed by atoms with Crippen LogP contribution in [0.4, 0.5) is 0 Å². The van der Waals surface area contributed by atoms with Crippen molar-refractivity contribution in [2.45, 2.75) is 0 Å². The van der Waals surface area contributed by atoms with Crippen molar-refractivity contribution in [2.24, 2.45) is 0 Å². The van der Waals surface area contributed by atoms with Gasteiger partial charge in [0.05, 0.1) is 0 Å². The molecule has 0 aliphatic rings. The lowest BCUT2D eigenvalue weighted by Crippen LogP contribution is -1.96. The molecule has 0 radical (unpaired) electrons. The predicted molar refractivity (Wildman–Crippen MR) is 95.6 cm³/mol. The number of hydrogen-bond acceptors (Lipinski definition) is 1. The zero-order valence-electron chi connectivity index (χ0n) is 12.1. The van der Waals surface area contributed by atoms with Crippen LogP contribution < -0.4 is 0 Å². The average Bonchev–Trinajstić information content (AvgIpc) is 3.09. The number of ketones is 1. The first kappa shape index (κ1) is 15.6. The standard InChI is InChI=1S/C19H13Cl2NO/c20-17-4-3-5-18(21)16(17)10-11-19(23)14-6-8-15(9-7-14)22-12-1-2-13-22/h1-13H/b11-10+. The van der Waals surface area contributed by atoms with Crippen molar-refractivity contribution in [3.63, 3.8) is 0 Å². The number of rotatable bonds is 4. The van der Waals surface area contributed by atoms with E-state index >= 15 is 0 Å². The largest absolute Gasteiger partial charge is 0.324 e. The molecule has 0 spiro atoms. The molecule has 4 heteroatoms. The first-order valence-electron chi connectivity index (χ1n) is 7.05. The highest BCUT2D eigenvalue weighted by Crippen LogP contribution is 2.25. The summed E-state index contributed by atoms with van der Waals surface area (Å²) in [5.41, 5.74) is 2.26. The number of allylic oxidation sites excluding steroid dienone is 1. The van der Waals surface area contributed by atoms with Crippen LogP contribution in [-0.2, 0) is 0 Å². The third-order valence-corrected chi connectivity index (χ3v) is 4.11. The number of benzene rings is 2. The predicted octanol–water partition coefficient (Wildman–Crippen LogP) is 5.68. The summed E-state index contributed by atoms with van der Waals surface area (Å²) >= 11 is 12.2. The Morgan fingerprint density at radius 3 is 2.09 bits per heavy atom. The molecule has 3 aromatic rings. The molecule has 3 rings (SSSR count). The lowest BCUT2D eigenvalue weighted by Gasteiger charge is -2.04. The minimum Gasteiger partial charge on any atom is -0.324 e. The van der Waals surface area contributed by atoms with Gasteiger partial charge in [-0.2, -0.15) is 0 Å². The number of hydrogen-bond donors (Lipinski definition) is 0. The molecular formula is C19H13Cl2NO. The van der Waals surface area contributed by atoms with Crippen LogP contribution in [0.3, 0.4) is 0 Å². The molecule has 1 heterocycles. The number of nitrogens with zero attached hydrogens (tertiary/aromatic N) is 1. The molecule has 0 amide bonds. The van der Waals surface area contributed by atoms with E-state index in [1.807, 2.05) is 41.2 Å². The second kappa shape index (κ2) is 6.86. The van der Waals surface area contributed by atoms with Crippen molar-refractivity contribution in [3.8, 4) is 5.69 Å². The van der Waals surface area contributed by atoms with Gasteiger partial charge in [0.2, 0.25) is 0 Å². The van der Waals surface area contributed by atoms with Gasteiger partial charge in [0, 0.05) is 39.3 Å². The monoisotopic (exact) mass is 341 g/mol. The van der Waals surface area contributed by atoms with Crippen molar-refractivity contribution >= 4 is 35.1 Å². The smallest absolute Gasteiger partial charge is 0.185 e. The second-order valence-corrected chi connectivity index (χ2v) is 5.78. The molecule has 114 valence electrons. The van der Waals surface area contributed by atoms with Crippen molar-refractivity contribution in [1.82, 2.24) is 4.57 Å². The van der Waals surface area contributed by atoms with Crippen LogP contribution in [0.15, 0.2) is 73.1 Å². The zero-order valence-corrected chi connectivity index (χ0v) is 13.6. The summed E-state index contributed by atoms with van der Waals surface area (Å²) in [4.78, 5) is 12.3. The van der Waals surface area contributed by atoms with Gasteiger partial charge >= 0.3 is 0 Å². The molecule has 0 fully saturated rings. The maximum Gasteiger partial charge on any atom is 0.185 e. The van der Waals surface area contributed by atoms with Gasteiger partial charge in [-0.05, 0) is 60.7 Å². The fourth-order valence-electron chi connectivity index (χ4n) is 2.23. The summed E-state index contributed by atoms with van der Waals surface area (Å²) in [6, 6.07) is 16.6. The summed E-state index contributed by atoms with van der Waals surface area (Å²) in [6.45, 7) is 0. The van der Waals surface area contributed by atoms with E-state index in [0.717, 1.165) is 5.69 Å². The molecule has 0 unspecified atom stereocenters. The van der Waals surface area contributed by atoms with Gasteiger partial charge in [-0.25, -0.2) is 0 Å². The molecule has 0 saturated carbocycles. The Morgan fingerprint density at radius 2 is 1.48 bits per heavy atom. The van der Waals surface area contributed by atoms with Crippen LogP contribution in [-0.4, -0.2) is 10.4 Å². The first-order valence-corrected chi connectivity index (χ1v) is 7.80. The second-order valence-electron chi connectivity index (χ2n) is 4.97. The molecule has 1 aromatic heterocycles. The highest BCUT2D eigenvalue weighted by molar-refractivity contribution is 6.37. The van der Waals surface area contributed by atoms with Gasteiger partial charge in [0.25, 0.3) is 0 Å². The van der Waals surface area contributed by atoms with Gasteiger partial charge in [-0.1, -0.05) is 29.3 Å². The first-order chi connectivity index (χ1) is 11.1. The number of halogens is 2. The van der Waals surface area contributed by atoms with E-state index in [2.05, 4.69) is 0 Å². The van der Waals surface area contributed by atoms with E-state index in [-0.39, 0.29) is 5.78 Å². The normalized spacial score (nSPS) is 11.0. The Kier molecular flexibility index (Phi) is 4.65. The van der Waals surface area contributed by atoms with Gasteiger partial charge in [0.15, 0.2) is 5.78 Å². The van der Waals surface area contributed by atoms with Crippen molar-refractivity contribution in [3.05, 3.63) is 94.2 Å². The van der Waals surface area contributed by atoms with Crippen LogP contribution >= 0.6 is 23.2 Å². The average molecular weight is 342 g/mol. The molecule has 0 N–H and O–H groups in total. The number of carbonyl (C=O) groups excluding carboxylic acids is 1. The van der Waals surface area contributed by atoms with Crippen LogP contribution in [0.25, 0.3) is 11.8 Å². The third-order valence-electron chi connectivity index (χ3n) is 3.46. The lowest BCUT2D eigenvalue weighted by molar-refractivity contribution is 0.104. The third kappa shape index (κ3) is 3.55. The number of aromatic nitrogens is 1. The minimum atomic E-state index is -0.0972. The summed E-state index contributed by atoms with van der Waals surface area (Å²) in [7, 11) is 0. The van der Waals surface area contributed by atoms with Gasteiger partial charge < -0.3 is 4.57 Å². The quantitative estimate of drug-likeness (QED) is 0.442. The summed E-state index contributed by atoms with van der Waals surface area (Å²) in [5, 5.41) is 1.04. The molecule has 0 aliphatic carbocycles. The molecule has 0 aliphatic heterocycles. The van der Waals surface area contributed by atoms with Crippen molar-refractivity contribution in [2.75, 3.05) is 0 Å². The van der Waals surface area contributed by atoms with E-state index in [1.54, 1.807) is 36.4 Å². The highest BCUT2D eigenvalue weighted by atomic mass is 35.5. The Hall–Kier alpha value is -2.29. The summed E-state index contributed by atoms with van der Waals surface area (Å²) < 4.78 is 1.98. The molecule has 2 nitrogen and oxygen atoms in total. The van der Waals surface area contributed by atoms with E-state index in [1.165, 1.54) is 6.08 Å². The Labute approximate surface area is 144 Å². The summed E-state index contributed by atoms with van der Waals surface area (Å²) in [5.74, 6) is -0.0972. The van der Waals surface area contributed by atoms with Crippen LogP contribution in [0, 0.1) is 0 Å². The lowest BCUT2D eigenvalue weighted by atomic mass is 10.1. The van der Waals surface area contributed by atoms with Crippen LogP contribution in [0.2, 0.25) is 10.0 Å². The molecule has 2 aromatic carbocycles. The number of carbonyl (C=O) groups is 1. The fourth-order valence-corrected chi connectivity index (χ4v) is 2.75. The molecule has 23 heavy (non-hydrogen) atoms. The maximum absolute atomic E-state index is 12.3. The molecular weight excluding hydrogens is 329 g/mol. The Bertz CT molecular complexity index is 829. The van der Waals surface area contributed by atoms with Gasteiger partial charge in [-0.3, -0.25) is 4.79 Å². The van der Waals surface area contributed by atoms with E-state index < -0.39 is 0 Å². The Morgan fingerprint density at radius 1 is 0.870 bits per heavy atom. The maximum atomic E-state index is 12.3. The Balaban J connectivity index is 1.80. The highest BCUT2D eigenvalue weighted by Gasteiger charge is 2.05. The minimum absolute atomic E-state index is 0.0972. The van der Waals surface area contributed by atoms with Crippen molar-refractivity contribution < 1.29 is 4.79 Å². The molecule has 0 bridgehead atoms. The van der Waals surface area contributed by atoms with Crippen LogP contribution in [0.5, 0.6) is 0 Å². The SMILES string of the molecule is O=C(/C=C/c1c(Cl)cccc1Cl)c1ccc(-n2cccc2)cc1. The van der Waals surface area contributed by atoms with E-state index in [0.29, 0.717) is 21.2 Å². The van der Waals surface area contributed by atoms with E-state index in [4.69, 9.17) is 23.2 Å². The van der Waals surface area contributed by atoms with Crippen LogP contribution in [0.1, 0.15) is 15.9 Å². The summed E-state index contributed by atoms with van der Waals surface area (Å²) in [6.07, 6.45) is 7.04. The van der Waals surface area contributed by atoms with Gasteiger partial charge in [-0.15, -0.1) is 0 Å². The van der Waals surface area contributed by atoms with E-state index in [9.17, 15) is 4.79 Å². The van der Waals surface area contributed by atoms with Gasteiger partial charge in [0.1, 0.15) is 0 Å². The molecule has 0 atom stereocenters. The fraction of sp³-hybridized carbons (Fsp3) is 0. The van der Waals surface area contributed by atoms with Crippen molar-refractivity contribution in [1.29, 1.82) is 0 Å². The molecule has 0 saturated heterocycles.